The number of rotatable bonds is 6. The first-order valence-corrected chi connectivity index (χ1v) is 8.71. The first-order valence-electron chi connectivity index (χ1n) is 8.31. The monoisotopic (exact) mass is 378 g/mol. The summed E-state index contributed by atoms with van der Waals surface area (Å²) in [7, 11) is 0. The number of para-hydroxylation sites is 2. The van der Waals surface area contributed by atoms with Crippen molar-refractivity contribution < 1.29 is 14.3 Å². The maximum Gasteiger partial charge on any atom is 0.264 e. The van der Waals surface area contributed by atoms with Crippen LogP contribution < -0.4 is 20.1 Å². The summed E-state index contributed by atoms with van der Waals surface area (Å²) in [5.74, 6) is 1.68. The van der Waals surface area contributed by atoms with Gasteiger partial charge in [0.05, 0.1) is 0 Å². The van der Waals surface area contributed by atoms with E-state index in [9.17, 15) is 4.79 Å². The number of carbonyl (C=O) groups is 1. The van der Waals surface area contributed by atoms with E-state index in [2.05, 4.69) is 10.6 Å². The normalized spacial score (nSPS) is 9.93. The lowest BCUT2D eigenvalue weighted by atomic mass is 10.3. The molecule has 0 aromatic heterocycles. The molecule has 0 spiro atoms. The van der Waals surface area contributed by atoms with Crippen molar-refractivity contribution in [3.63, 3.8) is 0 Å². The Balaban J connectivity index is 1.50. The zero-order valence-electron chi connectivity index (χ0n) is 14.4. The van der Waals surface area contributed by atoms with E-state index >= 15 is 0 Å². The van der Waals surface area contributed by atoms with E-state index in [-0.39, 0.29) is 17.6 Å². The first-order chi connectivity index (χ1) is 13.2. The van der Waals surface area contributed by atoms with Gasteiger partial charge in [0.25, 0.3) is 5.91 Å². The van der Waals surface area contributed by atoms with Gasteiger partial charge in [-0.05, 0) is 48.6 Å². The molecule has 0 heterocycles. The summed E-state index contributed by atoms with van der Waals surface area (Å²) in [6.45, 7) is -0.122. The van der Waals surface area contributed by atoms with E-state index in [0.717, 1.165) is 5.75 Å². The summed E-state index contributed by atoms with van der Waals surface area (Å²) in [5.41, 5.74) is 0.706. The molecular weight excluding hydrogens is 360 g/mol. The summed E-state index contributed by atoms with van der Waals surface area (Å²) in [6, 6.07) is 25.9. The number of thiocarbonyl (C=S) groups is 1. The van der Waals surface area contributed by atoms with Crippen LogP contribution in [0.4, 0.5) is 5.69 Å². The third kappa shape index (κ3) is 6.13. The van der Waals surface area contributed by atoms with Gasteiger partial charge in [0.1, 0.15) is 17.2 Å². The highest BCUT2D eigenvalue weighted by Gasteiger charge is 2.07. The van der Waals surface area contributed by atoms with Crippen molar-refractivity contribution in [3.8, 4) is 17.2 Å². The van der Waals surface area contributed by atoms with Gasteiger partial charge in [0.15, 0.2) is 11.7 Å². The highest BCUT2D eigenvalue weighted by Crippen LogP contribution is 2.23. The Hall–Kier alpha value is -3.38. The van der Waals surface area contributed by atoms with Gasteiger partial charge < -0.3 is 14.8 Å². The molecule has 0 aliphatic carbocycles. The number of nitrogens with one attached hydrogen (secondary N) is 2. The molecule has 2 N–H and O–H groups in total. The second-order valence-corrected chi connectivity index (χ2v) is 5.96. The van der Waals surface area contributed by atoms with Crippen molar-refractivity contribution in [1.29, 1.82) is 0 Å². The number of carbonyl (C=O) groups excluding carboxylic acids is 1. The smallest absolute Gasteiger partial charge is 0.264 e. The summed E-state index contributed by atoms with van der Waals surface area (Å²) in [6.07, 6.45) is 0. The Morgan fingerprint density at radius 3 is 2.15 bits per heavy atom. The fraction of sp³-hybridized carbons (Fsp3) is 0.0476. The number of ether oxygens (including phenoxy) is 2. The summed E-state index contributed by atoms with van der Waals surface area (Å²) >= 11 is 5.18. The Labute approximate surface area is 162 Å². The fourth-order valence-corrected chi connectivity index (χ4v) is 2.48. The third-order valence-electron chi connectivity index (χ3n) is 3.44. The van der Waals surface area contributed by atoms with Crippen molar-refractivity contribution in [1.82, 2.24) is 5.32 Å². The van der Waals surface area contributed by atoms with Gasteiger partial charge >= 0.3 is 0 Å². The van der Waals surface area contributed by atoms with E-state index in [4.69, 9.17) is 21.7 Å². The minimum atomic E-state index is -0.340. The molecule has 3 aromatic carbocycles. The standard InChI is InChI=1S/C21H18N2O3S/c24-20(15-25-17-9-3-1-4-10-17)23-21(27)22-16-8-7-13-19(14-16)26-18-11-5-2-6-12-18/h1-14H,15H2,(H2,22,23,24,27). The molecule has 0 unspecified atom stereocenters. The molecule has 5 nitrogen and oxygen atoms in total. The molecule has 27 heavy (non-hydrogen) atoms. The van der Waals surface area contributed by atoms with Crippen LogP contribution in [0.25, 0.3) is 0 Å². The SMILES string of the molecule is O=C(COc1ccccc1)NC(=S)Nc1cccc(Oc2ccccc2)c1. The van der Waals surface area contributed by atoms with Crippen LogP contribution in [0, 0.1) is 0 Å². The predicted octanol–water partition coefficient (Wildman–Crippen LogP) is 4.37. The molecule has 136 valence electrons. The summed E-state index contributed by atoms with van der Waals surface area (Å²) in [5, 5.41) is 5.73. The van der Waals surface area contributed by atoms with Crippen molar-refractivity contribution in [2.45, 2.75) is 0 Å². The Morgan fingerprint density at radius 2 is 1.44 bits per heavy atom. The molecule has 0 saturated heterocycles. The van der Waals surface area contributed by atoms with E-state index in [0.29, 0.717) is 17.2 Å². The number of hydrogen-bond donors (Lipinski definition) is 2. The molecule has 6 heteroatoms. The lowest BCUT2D eigenvalue weighted by molar-refractivity contribution is -0.121. The molecule has 1 amide bonds. The van der Waals surface area contributed by atoms with Gasteiger partial charge in [0.2, 0.25) is 0 Å². The Morgan fingerprint density at radius 1 is 0.815 bits per heavy atom. The molecule has 0 bridgehead atoms. The van der Waals surface area contributed by atoms with Gasteiger partial charge in [-0.25, -0.2) is 0 Å². The molecule has 3 aromatic rings. The molecule has 0 saturated carbocycles. The van der Waals surface area contributed by atoms with Crippen LogP contribution in [-0.2, 0) is 4.79 Å². The van der Waals surface area contributed by atoms with Gasteiger partial charge in [0, 0.05) is 11.8 Å². The maximum absolute atomic E-state index is 11.9. The summed E-state index contributed by atoms with van der Waals surface area (Å²) < 4.78 is 11.2. The minimum absolute atomic E-state index is 0.122. The number of anilines is 1. The number of benzene rings is 3. The van der Waals surface area contributed by atoms with Crippen molar-refractivity contribution in [2.24, 2.45) is 0 Å². The van der Waals surface area contributed by atoms with Crippen LogP contribution in [0.15, 0.2) is 84.9 Å². The highest BCUT2D eigenvalue weighted by molar-refractivity contribution is 7.80. The molecule has 0 radical (unpaired) electrons. The quantitative estimate of drug-likeness (QED) is 0.624. The largest absolute Gasteiger partial charge is 0.484 e. The zero-order valence-corrected chi connectivity index (χ0v) is 15.2. The average Bonchev–Trinajstić information content (AvgIpc) is 2.68. The van der Waals surface area contributed by atoms with E-state index in [1.807, 2.05) is 66.7 Å². The first kappa shape index (κ1) is 18.4. The topological polar surface area (TPSA) is 59.6 Å². The van der Waals surface area contributed by atoms with Crippen LogP contribution in [0.5, 0.6) is 17.2 Å². The lowest BCUT2D eigenvalue weighted by Crippen LogP contribution is -2.37. The molecular formula is C21H18N2O3S. The predicted molar refractivity (Wildman–Crippen MR) is 109 cm³/mol. The van der Waals surface area contributed by atoms with Crippen LogP contribution >= 0.6 is 12.2 Å². The molecule has 3 rings (SSSR count). The van der Waals surface area contributed by atoms with Crippen molar-refractivity contribution in [2.75, 3.05) is 11.9 Å². The van der Waals surface area contributed by atoms with E-state index in [1.165, 1.54) is 0 Å². The third-order valence-corrected chi connectivity index (χ3v) is 3.64. The van der Waals surface area contributed by atoms with Crippen molar-refractivity contribution >= 4 is 28.9 Å². The van der Waals surface area contributed by atoms with Crippen molar-refractivity contribution in [3.05, 3.63) is 84.9 Å². The molecule has 0 aliphatic heterocycles. The average molecular weight is 378 g/mol. The highest BCUT2D eigenvalue weighted by atomic mass is 32.1. The van der Waals surface area contributed by atoms with Gasteiger partial charge in [-0.2, -0.15) is 0 Å². The van der Waals surface area contributed by atoms with Crippen LogP contribution in [0.1, 0.15) is 0 Å². The van der Waals surface area contributed by atoms with E-state index < -0.39 is 0 Å². The van der Waals surface area contributed by atoms with Crippen LogP contribution in [-0.4, -0.2) is 17.6 Å². The second-order valence-electron chi connectivity index (χ2n) is 5.55. The molecule has 0 atom stereocenters. The molecule has 0 aliphatic rings. The Bertz CT molecular complexity index is 902. The van der Waals surface area contributed by atoms with Gasteiger partial charge in [-0.3, -0.25) is 10.1 Å². The molecule has 0 fully saturated rings. The van der Waals surface area contributed by atoms with Crippen LogP contribution in [0.3, 0.4) is 0 Å². The van der Waals surface area contributed by atoms with Gasteiger partial charge in [-0.15, -0.1) is 0 Å². The zero-order chi connectivity index (χ0) is 18.9. The number of amides is 1. The minimum Gasteiger partial charge on any atom is -0.484 e. The fourth-order valence-electron chi connectivity index (χ4n) is 2.25. The second kappa shape index (κ2) is 9.35. The van der Waals surface area contributed by atoms with E-state index in [1.54, 1.807) is 18.2 Å². The summed E-state index contributed by atoms with van der Waals surface area (Å²) in [4.78, 5) is 11.9. The number of hydrogen-bond acceptors (Lipinski definition) is 4. The Kier molecular flexibility index (Phi) is 6.38. The van der Waals surface area contributed by atoms with Crippen LogP contribution in [0.2, 0.25) is 0 Å². The van der Waals surface area contributed by atoms with Gasteiger partial charge in [-0.1, -0.05) is 42.5 Å². The lowest BCUT2D eigenvalue weighted by Gasteiger charge is -2.12. The maximum atomic E-state index is 11.9.